The van der Waals surface area contributed by atoms with E-state index in [4.69, 9.17) is 0 Å². The van der Waals surface area contributed by atoms with Crippen molar-refractivity contribution in [1.29, 1.82) is 0 Å². The van der Waals surface area contributed by atoms with Crippen LogP contribution in [0.3, 0.4) is 0 Å². The first-order valence-electron chi connectivity index (χ1n) is 19.2. The van der Waals surface area contributed by atoms with Crippen molar-refractivity contribution in [2.75, 3.05) is 6.54 Å². The van der Waals surface area contributed by atoms with Gasteiger partial charge in [0.2, 0.25) is 0 Å². The van der Waals surface area contributed by atoms with E-state index in [1.807, 2.05) is 106 Å². The van der Waals surface area contributed by atoms with Crippen LogP contribution in [0.2, 0.25) is 0 Å². The summed E-state index contributed by atoms with van der Waals surface area (Å²) in [6.45, 7) is 9.11. The molecule has 0 saturated heterocycles. The highest BCUT2D eigenvalue weighted by Gasteiger charge is 2.21. The van der Waals surface area contributed by atoms with Crippen molar-refractivity contribution in [3.63, 3.8) is 0 Å². The largest absolute Gasteiger partial charge is 0.507 e. The summed E-state index contributed by atoms with van der Waals surface area (Å²) in [5.41, 5.74) is 8.51. The molecule has 0 aliphatic heterocycles. The maximum atomic E-state index is 12.4. The lowest BCUT2D eigenvalue weighted by Crippen LogP contribution is -2.42. The van der Waals surface area contributed by atoms with Crippen LogP contribution in [0.15, 0.2) is 110 Å². The molecule has 0 aliphatic carbocycles. The molecular formula is C44H54N8O4. The first-order chi connectivity index (χ1) is 27.0. The van der Waals surface area contributed by atoms with Crippen LogP contribution in [-0.4, -0.2) is 63.4 Å². The zero-order valence-electron chi connectivity index (χ0n) is 32.7. The minimum absolute atomic E-state index is 0.174. The fraction of sp³-hybridized carbons (Fsp3) is 0.364. The average Bonchev–Trinajstić information content (AvgIpc) is 3.18. The fourth-order valence-electron chi connectivity index (χ4n) is 6.41. The highest BCUT2D eigenvalue weighted by Crippen LogP contribution is 2.29. The molecule has 5 rings (SSSR count). The molecule has 0 unspecified atom stereocenters. The number of hydrogen-bond acceptors (Lipinski definition) is 10. The molecule has 12 heteroatoms. The SMILES string of the molecule is CC(C)(C)C(=O)CCCCCN(NCc1cc(CN(Cc2ccccn2)Cc2ccccn2)c(O)c(CN(Cc2ccccn2)Cc2ccccn2)c1)C(=O)O. The number of unbranched alkanes of at least 4 members (excludes halogenated alkanes) is 2. The lowest BCUT2D eigenvalue weighted by Gasteiger charge is -2.26. The molecule has 0 saturated carbocycles. The summed E-state index contributed by atoms with van der Waals surface area (Å²) in [5, 5.41) is 23.3. The molecule has 5 aromatic rings. The second kappa shape index (κ2) is 20.9. The first kappa shape index (κ1) is 41.6. The van der Waals surface area contributed by atoms with E-state index in [0.717, 1.165) is 41.2 Å². The number of Topliss-reactive ketones (excluding diaryl/α,β-unsaturated/α-hetero) is 1. The molecule has 0 atom stereocenters. The Labute approximate surface area is 330 Å². The summed E-state index contributed by atoms with van der Waals surface area (Å²) in [5.74, 6) is 0.384. The zero-order chi connectivity index (χ0) is 39.8. The summed E-state index contributed by atoms with van der Waals surface area (Å²) in [7, 11) is 0. The average molecular weight is 759 g/mol. The van der Waals surface area contributed by atoms with Crippen molar-refractivity contribution in [1.82, 2.24) is 40.2 Å². The number of phenols is 1. The van der Waals surface area contributed by atoms with Gasteiger partial charge in [-0.1, -0.05) is 51.5 Å². The maximum Gasteiger partial charge on any atom is 0.421 e. The number of nitrogens with one attached hydrogen (secondary N) is 1. The molecule has 12 nitrogen and oxygen atoms in total. The van der Waals surface area contributed by atoms with Gasteiger partial charge >= 0.3 is 6.09 Å². The van der Waals surface area contributed by atoms with E-state index in [9.17, 15) is 19.8 Å². The topological polar surface area (TPSA) is 148 Å². The Morgan fingerprint density at radius 2 is 1.05 bits per heavy atom. The predicted molar refractivity (Wildman–Crippen MR) is 215 cm³/mol. The van der Waals surface area contributed by atoms with Crippen LogP contribution >= 0.6 is 0 Å². The number of aromatic nitrogens is 4. The van der Waals surface area contributed by atoms with Crippen LogP contribution in [0, 0.1) is 5.41 Å². The molecule has 0 bridgehead atoms. The van der Waals surface area contributed by atoms with Gasteiger partial charge < -0.3 is 10.2 Å². The van der Waals surface area contributed by atoms with Gasteiger partial charge in [-0.15, -0.1) is 0 Å². The molecule has 0 aliphatic rings. The Kier molecular flexibility index (Phi) is 15.6. The Morgan fingerprint density at radius 3 is 1.41 bits per heavy atom. The monoisotopic (exact) mass is 758 g/mol. The Hall–Kier alpha value is -5.56. The van der Waals surface area contributed by atoms with Gasteiger partial charge in [0.1, 0.15) is 11.5 Å². The summed E-state index contributed by atoms with van der Waals surface area (Å²) in [6, 6.07) is 27.2. The van der Waals surface area contributed by atoms with Gasteiger partial charge in [-0.2, -0.15) is 0 Å². The number of carboxylic acid groups (broad SMARTS) is 1. The van der Waals surface area contributed by atoms with Crippen molar-refractivity contribution in [3.8, 4) is 5.75 Å². The van der Waals surface area contributed by atoms with Gasteiger partial charge in [0.25, 0.3) is 0 Å². The zero-order valence-corrected chi connectivity index (χ0v) is 32.7. The predicted octanol–water partition coefficient (Wildman–Crippen LogP) is 7.54. The second-order valence-electron chi connectivity index (χ2n) is 15.1. The number of hydrazine groups is 1. The molecule has 0 radical (unpaired) electrons. The highest BCUT2D eigenvalue weighted by molar-refractivity contribution is 5.83. The normalized spacial score (nSPS) is 11.6. The van der Waals surface area contributed by atoms with Crippen LogP contribution < -0.4 is 5.43 Å². The quantitative estimate of drug-likeness (QED) is 0.0504. The molecule has 4 heterocycles. The molecule has 294 valence electrons. The maximum absolute atomic E-state index is 12.4. The molecule has 4 aromatic heterocycles. The lowest BCUT2D eigenvalue weighted by atomic mass is 9.88. The number of carbonyl (C=O) groups excluding carboxylic acids is 1. The summed E-state index contributed by atoms with van der Waals surface area (Å²) in [6.07, 6.45) is 8.57. The second-order valence-corrected chi connectivity index (χ2v) is 15.1. The van der Waals surface area contributed by atoms with Crippen molar-refractivity contribution >= 4 is 11.9 Å². The summed E-state index contributed by atoms with van der Waals surface area (Å²) >= 11 is 0. The first-order valence-corrected chi connectivity index (χ1v) is 19.2. The molecular weight excluding hydrogens is 705 g/mol. The number of nitrogens with zero attached hydrogens (tertiary/aromatic N) is 7. The van der Waals surface area contributed by atoms with Crippen molar-refractivity contribution in [3.05, 3.63) is 149 Å². The number of pyridine rings is 4. The molecule has 3 N–H and O–H groups in total. The van der Waals surface area contributed by atoms with E-state index in [0.29, 0.717) is 63.2 Å². The summed E-state index contributed by atoms with van der Waals surface area (Å²) in [4.78, 5) is 47.3. The van der Waals surface area contributed by atoms with E-state index in [2.05, 4.69) is 35.2 Å². The molecule has 0 spiro atoms. The minimum Gasteiger partial charge on any atom is -0.507 e. The third-order valence-electron chi connectivity index (χ3n) is 9.39. The number of hydrogen-bond donors (Lipinski definition) is 3. The van der Waals surface area contributed by atoms with E-state index in [1.165, 1.54) is 5.01 Å². The van der Waals surface area contributed by atoms with E-state index >= 15 is 0 Å². The molecule has 0 fully saturated rings. The Balaban J connectivity index is 1.41. The van der Waals surface area contributed by atoms with E-state index in [-0.39, 0.29) is 30.0 Å². The summed E-state index contributed by atoms with van der Waals surface area (Å²) < 4.78 is 0. The number of rotatable bonds is 21. The number of carbonyl (C=O) groups is 2. The minimum atomic E-state index is -1.08. The van der Waals surface area contributed by atoms with Crippen LogP contribution in [0.25, 0.3) is 0 Å². The molecule has 1 aromatic carbocycles. The third-order valence-corrected chi connectivity index (χ3v) is 9.39. The van der Waals surface area contributed by atoms with Gasteiger partial charge in [0.15, 0.2) is 0 Å². The lowest BCUT2D eigenvalue weighted by molar-refractivity contribution is -0.126. The Morgan fingerprint density at radius 1 is 0.625 bits per heavy atom. The van der Waals surface area contributed by atoms with Gasteiger partial charge in [0, 0.05) is 100 Å². The van der Waals surface area contributed by atoms with Crippen molar-refractivity contribution in [2.24, 2.45) is 5.41 Å². The van der Waals surface area contributed by atoms with Crippen LogP contribution in [0.4, 0.5) is 4.79 Å². The van der Waals surface area contributed by atoms with Crippen molar-refractivity contribution in [2.45, 2.75) is 92.3 Å². The van der Waals surface area contributed by atoms with Gasteiger partial charge in [-0.25, -0.2) is 15.2 Å². The number of aromatic hydroxyl groups is 1. The number of phenolic OH excluding ortho intramolecular Hbond substituents is 1. The van der Waals surface area contributed by atoms with Gasteiger partial charge in [0.05, 0.1) is 22.8 Å². The van der Waals surface area contributed by atoms with Gasteiger partial charge in [-0.05, 0) is 79.1 Å². The van der Waals surface area contributed by atoms with Crippen molar-refractivity contribution < 1.29 is 19.8 Å². The third kappa shape index (κ3) is 13.6. The van der Waals surface area contributed by atoms with E-state index < -0.39 is 6.09 Å². The van der Waals surface area contributed by atoms with E-state index in [1.54, 1.807) is 24.8 Å². The smallest absolute Gasteiger partial charge is 0.421 e. The Bertz CT molecular complexity index is 1750. The van der Waals surface area contributed by atoms with Gasteiger partial charge in [-0.3, -0.25) is 34.5 Å². The van der Waals surface area contributed by atoms with Crippen LogP contribution in [-0.2, 0) is 50.6 Å². The standard InChI is InChI=1S/C44H54N8O4/c1-44(2,3)41(53)19-5-4-14-24-52(43(55)56)49-27-34-25-35(28-50(30-37-15-6-10-20-45-37)31-38-16-7-11-21-46-38)42(54)36(26-34)29-51(32-39-17-8-12-22-47-39)33-40-18-9-13-23-48-40/h6-13,15-18,20-23,25-26,49,54H,4-5,14,19,24,27-33H2,1-3H3,(H,55,56). The highest BCUT2D eigenvalue weighted by atomic mass is 16.4. The van der Waals surface area contributed by atoms with Crippen LogP contribution in [0.5, 0.6) is 5.75 Å². The number of benzene rings is 1. The number of amides is 1. The fourth-order valence-corrected chi connectivity index (χ4v) is 6.41. The van der Waals surface area contributed by atoms with Crippen LogP contribution in [0.1, 0.15) is 85.9 Å². The number of ketones is 1. The molecule has 56 heavy (non-hydrogen) atoms. The molecule has 1 amide bonds.